The minimum atomic E-state index is -0.733. The number of ether oxygens (including phenoxy) is 2. The maximum atomic E-state index is 12.9. The van der Waals surface area contributed by atoms with Crippen molar-refractivity contribution in [1.29, 1.82) is 0 Å². The lowest BCUT2D eigenvalue weighted by Crippen LogP contribution is -2.52. The van der Waals surface area contributed by atoms with Gasteiger partial charge in [-0.1, -0.05) is 60.7 Å². The first-order valence-corrected chi connectivity index (χ1v) is 13.2. The van der Waals surface area contributed by atoms with Gasteiger partial charge in [0.1, 0.15) is 17.4 Å². The van der Waals surface area contributed by atoms with Gasteiger partial charge in [0.2, 0.25) is 0 Å². The summed E-state index contributed by atoms with van der Waals surface area (Å²) in [4.78, 5) is 18.6. The molecule has 39 heavy (non-hydrogen) atoms. The molecule has 0 saturated carbocycles. The van der Waals surface area contributed by atoms with Crippen molar-refractivity contribution in [1.82, 2.24) is 14.7 Å². The van der Waals surface area contributed by atoms with E-state index in [2.05, 4.69) is 4.90 Å². The zero-order chi connectivity index (χ0) is 28.7. The van der Waals surface area contributed by atoms with Gasteiger partial charge in [-0.2, -0.15) is 0 Å². The molecule has 0 spiro atoms. The highest BCUT2D eigenvalue weighted by Gasteiger charge is 2.51. The Morgan fingerprint density at radius 2 is 1.54 bits per heavy atom. The standard InChI is InChI=1S/C19H30N2O3.C11H18N2O.ClH/c1-18(2,3)24-17(22)21-15(13-20(6)7)16(23-19(21,4)5)14-11-9-8-10-12-14;1-13(2)8-10(12)11(14)9-6-4-3-5-7-9;/h8-12,15-16H,13H2,1-7H3;3-7,10-11,14H,8,12H2,1-2H3;1H/t15-,16-;10-,11-;/m11./s1. The molecule has 0 aliphatic carbocycles. The van der Waals surface area contributed by atoms with Gasteiger partial charge in [-0.3, -0.25) is 4.90 Å². The van der Waals surface area contributed by atoms with Gasteiger partial charge in [-0.25, -0.2) is 4.79 Å². The topological polar surface area (TPSA) is 91.5 Å². The quantitative estimate of drug-likeness (QED) is 0.504. The van der Waals surface area contributed by atoms with Crippen LogP contribution in [0, 0.1) is 0 Å². The van der Waals surface area contributed by atoms with Gasteiger partial charge in [0.05, 0.1) is 12.1 Å². The zero-order valence-corrected chi connectivity index (χ0v) is 25.8. The van der Waals surface area contributed by atoms with Crippen molar-refractivity contribution in [3.8, 4) is 0 Å². The Hall–Kier alpha value is -2.20. The Kier molecular flexibility index (Phi) is 13.4. The molecule has 1 aliphatic heterocycles. The zero-order valence-electron chi connectivity index (χ0n) is 25.0. The van der Waals surface area contributed by atoms with Crippen molar-refractivity contribution >= 4 is 18.5 Å². The van der Waals surface area contributed by atoms with E-state index in [4.69, 9.17) is 15.2 Å². The Balaban J connectivity index is 0.000000434. The van der Waals surface area contributed by atoms with Crippen LogP contribution in [0.5, 0.6) is 0 Å². The molecule has 8 nitrogen and oxygen atoms in total. The van der Waals surface area contributed by atoms with Crippen LogP contribution in [0.3, 0.4) is 0 Å². The van der Waals surface area contributed by atoms with E-state index in [9.17, 15) is 9.90 Å². The fourth-order valence-corrected chi connectivity index (χ4v) is 4.55. The van der Waals surface area contributed by atoms with E-state index in [0.29, 0.717) is 13.1 Å². The first kappa shape index (κ1) is 34.8. The number of hydrogen-bond acceptors (Lipinski definition) is 7. The van der Waals surface area contributed by atoms with Crippen LogP contribution in [0.15, 0.2) is 60.7 Å². The summed E-state index contributed by atoms with van der Waals surface area (Å²) in [6, 6.07) is 19.2. The number of likely N-dealkylation sites (N-methyl/N-ethyl adjacent to an activating group) is 2. The molecular formula is C30H49ClN4O4. The predicted octanol–water partition coefficient (Wildman–Crippen LogP) is 4.69. The summed E-state index contributed by atoms with van der Waals surface area (Å²) in [6.07, 6.45) is -1.10. The van der Waals surface area contributed by atoms with E-state index in [0.717, 1.165) is 11.1 Å². The van der Waals surface area contributed by atoms with Crippen LogP contribution in [0.2, 0.25) is 0 Å². The molecule has 9 heteroatoms. The lowest BCUT2D eigenvalue weighted by molar-refractivity contribution is -0.0797. The number of benzene rings is 2. The SMILES string of the molecule is CN(C)C[C@@H](N)[C@H](O)c1ccccc1.CN(C)C[C@@H]1[C@@H](c2ccccc2)OC(C)(C)N1C(=O)OC(C)(C)C.Cl. The van der Waals surface area contributed by atoms with Gasteiger partial charge in [-0.15, -0.1) is 12.4 Å². The first-order valence-electron chi connectivity index (χ1n) is 13.2. The normalized spacial score (nSPS) is 20.1. The van der Waals surface area contributed by atoms with Crippen LogP contribution in [-0.4, -0.2) is 90.6 Å². The number of amides is 1. The number of carbonyl (C=O) groups is 1. The minimum absolute atomic E-state index is 0. The molecule has 1 fully saturated rings. The van der Waals surface area contributed by atoms with Crippen LogP contribution in [-0.2, 0) is 9.47 Å². The number of carbonyl (C=O) groups excluding carboxylic acids is 1. The number of nitrogens with two attached hydrogens (primary N) is 1. The number of aliphatic hydroxyl groups is 1. The molecule has 2 aromatic carbocycles. The van der Waals surface area contributed by atoms with E-state index in [1.54, 1.807) is 4.90 Å². The van der Waals surface area contributed by atoms with Gasteiger partial charge < -0.3 is 30.1 Å². The van der Waals surface area contributed by atoms with Gasteiger partial charge in [0, 0.05) is 19.1 Å². The average Bonchev–Trinajstić information content (AvgIpc) is 3.08. The molecule has 1 saturated heterocycles. The number of halogens is 1. The van der Waals surface area contributed by atoms with E-state index in [-0.39, 0.29) is 36.7 Å². The molecule has 0 bridgehead atoms. The molecule has 1 aliphatic rings. The third kappa shape index (κ3) is 10.7. The fourth-order valence-electron chi connectivity index (χ4n) is 4.55. The van der Waals surface area contributed by atoms with Crippen molar-refractivity contribution in [2.45, 2.75) is 70.2 Å². The van der Waals surface area contributed by atoms with Crippen molar-refractivity contribution in [2.24, 2.45) is 5.73 Å². The number of aliphatic hydroxyl groups excluding tert-OH is 1. The summed E-state index contributed by atoms with van der Waals surface area (Å²) in [6.45, 7) is 10.8. The van der Waals surface area contributed by atoms with Crippen LogP contribution in [0.4, 0.5) is 4.79 Å². The summed E-state index contributed by atoms with van der Waals surface area (Å²) >= 11 is 0. The highest BCUT2D eigenvalue weighted by atomic mass is 35.5. The van der Waals surface area contributed by atoms with Crippen molar-refractivity contribution in [2.75, 3.05) is 41.3 Å². The molecule has 2 aromatic rings. The second-order valence-corrected chi connectivity index (χ2v) is 11.9. The number of nitrogens with zero attached hydrogens (tertiary/aromatic N) is 3. The number of rotatable bonds is 7. The van der Waals surface area contributed by atoms with Crippen LogP contribution >= 0.6 is 12.4 Å². The Morgan fingerprint density at radius 3 is 2.00 bits per heavy atom. The highest BCUT2D eigenvalue weighted by Crippen LogP contribution is 2.41. The minimum Gasteiger partial charge on any atom is -0.444 e. The van der Waals surface area contributed by atoms with Crippen molar-refractivity contribution in [3.05, 3.63) is 71.8 Å². The summed E-state index contributed by atoms with van der Waals surface area (Å²) in [7, 11) is 7.89. The maximum Gasteiger partial charge on any atom is 0.412 e. The van der Waals surface area contributed by atoms with E-state index in [1.165, 1.54) is 0 Å². The largest absolute Gasteiger partial charge is 0.444 e. The molecule has 0 unspecified atom stereocenters. The Bertz CT molecular complexity index is 983. The number of hydrogen-bond donors (Lipinski definition) is 2. The first-order chi connectivity index (χ1) is 17.6. The van der Waals surface area contributed by atoms with E-state index < -0.39 is 17.4 Å². The molecule has 3 N–H and O–H groups in total. The third-order valence-corrected chi connectivity index (χ3v) is 6.07. The molecule has 4 atom stereocenters. The fraction of sp³-hybridized carbons (Fsp3) is 0.567. The van der Waals surface area contributed by atoms with Gasteiger partial charge in [0.15, 0.2) is 0 Å². The highest BCUT2D eigenvalue weighted by molar-refractivity contribution is 5.85. The summed E-state index contributed by atoms with van der Waals surface area (Å²) < 4.78 is 11.9. The second-order valence-electron chi connectivity index (χ2n) is 11.9. The summed E-state index contributed by atoms with van der Waals surface area (Å²) in [5, 5.41) is 9.89. The molecule has 1 amide bonds. The lowest BCUT2D eigenvalue weighted by Gasteiger charge is -2.36. The predicted molar refractivity (Wildman–Crippen MR) is 160 cm³/mol. The van der Waals surface area contributed by atoms with Crippen LogP contribution in [0.1, 0.15) is 58.0 Å². The Morgan fingerprint density at radius 1 is 1.03 bits per heavy atom. The molecule has 220 valence electrons. The second kappa shape index (κ2) is 15.0. The third-order valence-electron chi connectivity index (χ3n) is 6.07. The lowest BCUT2D eigenvalue weighted by atomic mass is 10.0. The van der Waals surface area contributed by atoms with E-state index in [1.807, 2.05) is 128 Å². The maximum absolute atomic E-state index is 12.9. The van der Waals surface area contributed by atoms with Gasteiger partial charge >= 0.3 is 6.09 Å². The van der Waals surface area contributed by atoms with Crippen molar-refractivity contribution in [3.63, 3.8) is 0 Å². The van der Waals surface area contributed by atoms with Crippen molar-refractivity contribution < 1.29 is 19.4 Å². The summed E-state index contributed by atoms with van der Waals surface area (Å²) in [5.41, 5.74) is 6.53. The monoisotopic (exact) mass is 564 g/mol. The molecule has 0 radical (unpaired) electrons. The smallest absolute Gasteiger partial charge is 0.412 e. The molecule has 1 heterocycles. The van der Waals surface area contributed by atoms with Gasteiger partial charge in [-0.05, 0) is 73.9 Å². The molecule has 3 rings (SSSR count). The Labute approximate surface area is 241 Å². The van der Waals surface area contributed by atoms with E-state index >= 15 is 0 Å². The van der Waals surface area contributed by atoms with Gasteiger partial charge in [0.25, 0.3) is 0 Å². The summed E-state index contributed by atoms with van der Waals surface area (Å²) in [5.74, 6) is 0. The van der Waals surface area contributed by atoms with Crippen LogP contribution in [0.25, 0.3) is 0 Å². The van der Waals surface area contributed by atoms with Crippen LogP contribution < -0.4 is 5.73 Å². The molecule has 0 aromatic heterocycles. The average molecular weight is 565 g/mol. The molecular weight excluding hydrogens is 516 g/mol.